The Balaban J connectivity index is 1.25. The first-order valence-electron chi connectivity index (χ1n) is 10.4. The smallest absolute Gasteiger partial charge is 0.262 e. The Morgan fingerprint density at radius 2 is 2.06 bits per heavy atom. The second-order valence-electron chi connectivity index (χ2n) is 7.91. The predicted molar refractivity (Wildman–Crippen MR) is 121 cm³/mol. The van der Waals surface area contributed by atoms with Crippen LogP contribution in [-0.2, 0) is 4.79 Å². The molecule has 0 spiro atoms. The minimum absolute atomic E-state index is 0.00820. The zero-order chi connectivity index (χ0) is 21.7. The van der Waals surface area contributed by atoms with E-state index in [9.17, 15) is 9.59 Å². The fourth-order valence-electron chi connectivity index (χ4n) is 3.95. The number of benzene rings is 2. The molecule has 2 aromatic carbocycles. The lowest BCUT2D eigenvalue weighted by atomic mass is 10.1. The number of H-pyrrole nitrogens is 1. The van der Waals surface area contributed by atoms with Gasteiger partial charge in [0, 0.05) is 34.3 Å². The van der Waals surface area contributed by atoms with Gasteiger partial charge < -0.3 is 15.0 Å². The molecular weight excluding hydrogens is 426 g/mol. The number of carbonyl (C=O) groups excluding carboxylic acids is 2. The van der Waals surface area contributed by atoms with Crippen molar-refractivity contribution in [2.24, 2.45) is 0 Å². The number of carbonyl (C=O) groups is 2. The average Bonchev–Trinajstić information content (AvgIpc) is 3.42. The van der Waals surface area contributed by atoms with Crippen LogP contribution in [0.2, 0.25) is 0 Å². The zero-order valence-corrected chi connectivity index (χ0v) is 17.8. The van der Waals surface area contributed by atoms with Crippen LogP contribution in [0.1, 0.15) is 29.2 Å². The molecule has 2 N–H and O–H groups in total. The van der Waals surface area contributed by atoms with Gasteiger partial charge in [-0.1, -0.05) is 30.0 Å². The number of aromatic nitrogens is 4. The Morgan fingerprint density at radius 1 is 1.19 bits per heavy atom. The summed E-state index contributed by atoms with van der Waals surface area (Å²) in [7, 11) is 0. The summed E-state index contributed by atoms with van der Waals surface area (Å²) in [6.45, 7) is -0.00820. The molecule has 1 amide bonds. The van der Waals surface area contributed by atoms with Crippen LogP contribution in [0.5, 0.6) is 5.75 Å². The lowest BCUT2D eigenvalue weighted by Crippen LogP contribution is -2.25. The van der Waals surface area contributed by atoms with E-state index in [0.717, 1.165) is 40.3 Å². The van der Waals surface area contributed by atoms with Crippen molar-refractivity contribution in [1.29, 1.82) is 0 Å². The molecular formula is C23H19N5O3S. The molecule has 0 unspecified atom stereocenters. The average molecular weight is 446 g/mol. The van der Waals surface area contributed by atoms with Gasteiger partial charge in [0.1, 0.15) is 5.75 Å². The number of para-hydroxylation sites is 1. The van der Waals surface area contributed by atoms with E-state index in [1.807, 2.05) is 24.4 Å². The Bertz CT molecular complexity index is 1370. The van der Waals surface area contributed by atoms with Crippen molar-refractivity contribution in [3.8, 4) is 17.1 Å². The van der Waals surface area contributed by atoms with Gasteiger partial charge in [0.2, 0.25) is 0 Å². The van der Waals surface area contributed by atoms with E-state index in [1.165, 1.54) is 11.8 Å². The Labute approximate surface area is 187 Å². The highest BCUT2D eigenvalue weighted by Gasteiger charge is 2.31. The first-order chi connectivity index (χ1) is 15.7. The van der Waals surface area contributed by atoms with E-state index in [2.05, 4.69) is 31.1 Å². The Morgan fingerprint density at radius 3 is 2.94 bits per heavy atom. The summed E-state index contributed by atoms with van der Waals surface area (Å²) in [6.07, 6.45) is 4.13. The lowest BCUT2D eigenvalue weighted by Gasteiger charge is -2.18. The van der Waals surface area contributed by atoms with E-state index in [4.69, 9.17) is 4.74 Å². The maximum absolute atomic E-state index is 12.9. The summed E-state index contributed by atoms with van der Waals surface area (Å²) < 4.78 is 7.53. The number of hydrogen-bond donors (Lipinski definition) is 2. The normalized spacial score (nSPS) is 15.3. The minimum atomic E-state index is -0.223. The number of fused-ring (bicyclic) bond motifs is 2. The highest BCUT2D eigenvalue weighted by molar-refractivity contribution is 7.99. The first-order valence-corrected chi connectivity index (χ1v) is 11.4. The maximum atomic E-state index is 12.9. The van der Waals surface area contributed by atoms with Crippen LogP contribution in [0.15, 0.2) is 53.8 Å². The van der Waals surface area contributed by atoms with Gasteiger partial charge in [-0.15, -0.1) is 10.2 Å². The SMILES string of the molecule is O=C1COc2ccc(C(=O)CSc3nnc(-c4c[nH]c5ccccc45)n3C3CC3)cc2N1. The van der Waals surface area contributed by atoms with Gasteiger partial charge in [-0.05, 0) is 37.1 Å². The standard InChI is InChI=1S/C23H19N5O3S/c29-19(13-5-8-20-18(9-13)25-21(30)11-31-20)12-32-23-27-26-22(28(23)14-6-7-14)16-10-24-17-4-2-1-3-15(16)17/h1-5,8-10,14,24H,6-7,11-12H2,(H,25,30). The number of amides is 1. The van der Waals surface area contributed by atoms with Gasteiger partial charge in [-0.25, -0.2) is 0 Å². The maximum Gasteiger partial charge on any atom is 0.262 e. The summed E-state index contributed by atoms with van der Waals surface area (Å²) in [5.41, 5.74) is 3.13. The molecule has 4 aromatic rings. The molecule has 2 aromatic heterocycles. The van der Waals surface area contributed by atoms with E-state index < -0.39 is 0 Å². The lowest BCUT2D eigenvalue weighted by molar-refractivity contribution is -0.118. The topological polar surface area (TPSA) is 102 Å². The van der Waals surface area contributed by atoms with Crippen LogP contribution in [0.3, 0.4) is 0 Å². The van der Waals surface area contributed by atoms with E-state index >= 15 is 0 Å². The second kappa shape index (κ2) is 7.52. The summed E-state index contributed by atoms with van der Waals surface area (Å²) in [6, 6.07) is 13.6. The van der Waals surface area contributed by atoms with Crippen molar-refractivity contribution in [2.45, 2.75) is 24.0 Å². The molecule has 3 heterocycles. The van der Waals surface area contributed by atoms with Gasteiger partial charge in [0.15, 0.2) is 23.4 Å². The zero-order valence-electron chi connectivity index (χ0n) is 17.0. The van der Waals surface area contributed by atoms with Gasteiger partial charge in [0.25, 0.3) is 5.91 Å². The second-order valence-corrected chi connectivity index (χ2v) is 8.86. The first kappa shape index (κ1) is 19.1. The number of thioether (sulfide) groups is 1. The van der Waals surface area contributed by atoms with Crippen molar-refractivity contribution in [1.82, 2.24) is 19.7 Å². The number of rotatable bonds is 6. The van der Waals surface area contributed by atoms with Gasteiger partial charge >= 0.3 is 0 Å². The molecule has 32 heavy (non-hydrogen) atoms. The largest absolute Gasteiger partial charge is 0.482 e. The molecule has 2 aliphatic rings. The fourth-order valence-corrected chi connectivity index (χ4v) is 4.85. The Kier molecular flexibility index (Phi) is 4.50. The number of ether oxygens (including phenoxy) is 1. The van der Waals surface area contributed by atoms with E-state index in [0.29, 0.717) is 23.0 Å². The van der Waals surface area contributed by atoms with Crippen molar-refractivity contribution >= 4 is 40.0 Å². The van der Waals surface area contributed by atoms with Crippen LogP contribution in [-0.4, -0.2) is 43.8 Å². The summed E-state index contributed by atoms with van der Waals surface area (Å²) >= 11 is 1.39. The number of Topliss-reactive ketones (excluding diaryl/α,β-unsaturated/α-hetero) is 1. The molecule has 8 nitrogen and oxygen atoms in total. The van der Waals surface area contributed by atoms with Crippen LogP contribution >= 0.6 is 11.8 Å². The number of hydrogen-bond acceptors (Lipinski definition) is 6. The minimum Gasteiger partial charge on any atom is -0.482 e. The van der Waals surface area contributed by atoms with Crippen molar-refractivity contribution in [3.63, 3.8) is 0 Å². The molecule has 160 valence electrons. The van der Waals surface area contributed by atoms with Crippen LogP contribution in [0.25, 0.3) is 22.3 Å². The molecule has 0 atom stereocenters. The molecule has 1 aliphatic heterocycles. The summed E-state index contributed by atoms with van der Waals surface area (Å²) in [5, 5.41) is 13.5. The van der Waals surface area contributed by atoms with Crippen molar-refractivity contribution in [3.05, 3.63) is 54.2 Å². The number of nitrogens with one attached hydrogen (secondary N) is 2. The monoisotopic (exact) mass is 445 g/mol. The highest BCUT2D eigenvalue weighted by Crippen LogP contribution is 2.42. The molecule has 1 aliphatic carbocycles. The fraction of sp³-hybridized carbons (Fsp3) is 0.217. The van der Waals surface area contributed by atoms with Crippen molar-refractivity contribution < 1.29 is 14.3 Å². The van der Waals surface area contributed by atoms with Crippen molar-refractivity contribution in [2.75, 3.05) is 17.7 Å². The summed E-state index contributed by atoms with van der Waals surface area (Å²) in [4.78, 5) is 27.7. The number of ketones is 1. The highest BCUT2D eigenvalue weighted by atomic mass is 32.2. The predicted octanol–water partition coefficient (Wildman–Crippen LogP) is 4.07. The van der Waals surface area contributed by atoms with Gasteiger partial charge in [-0.3, -0.25) is 14.2 Å². The quantitative estimate of drug-likeness (QED) is 0.343. The van der Waals surface area contributed by atoms with E-state index in [1.54, 1.807) is 18.2 Å². The third-order valence-corrected chi connectivity index (χ3v) is 6.62. The number of nitrogens with zero attached hydrogens (tertiary/aromatic N) is 3. The third-order valence-electron chi connectivity index (χ3n) is 5.67. The van der Waals surface area contributed by atoms with Gasteiger partial charge in [0.05, 0.1) is 11.4 Å². The molecule has 0 radical (unpaired) electrons. The van der Waals surface area contributed by atoms with Crippen LogP contribution in [0, 0.1) is 0 Å². The molecule has 1 fully saturated rings. The third kappa shape index (κ3) is 3.34. The number of aromatic amines is 1. The van der Waals surface area contributed by atoms with Crippen LogP contribution < -0.4 is 10.1 Å². The van der Waals surface area contributed by atoms with Gasteiger partial charge in [-0.2, -0.15) is 0 Å². The molecule has 0 bridgehead atoms. The molecule has 1 saturated carbocycles. The number of anilines is 1. The molecule has 9 heteroatoms. The van der Waals surface area contributed by atoms with Crippen LogP contribution in [0.4, 0.5) is 5.69 Å². The Hall–Kier alpha value is -3.59. The van der Waals surface area contributed by atoms with E-state index in [-0.39, 0.29) is 24.1 Å². The molecule has 6 rings (SSSR count). The summed E-state index contributed by atoms with van der Waals surface area (Å²) in [5.74, 6) is 1.36. The molecule has 0 saturated heterocycles.